The number of thiazole rings is 1. The molecule has 3 aromatic rings. The third-order valence-electron chi connectivity index (χ3n) is 4.94. The Morgan fingerprint density at radius 3 is 2.62 bits per heavy atom. The van der Waals surface area contributed by atoms with E-state index in [-0.39, 0.29) is 18.6 Å². The molecular formula is C22H22ClN5O3S. The maximum absolute atomic E-state index is 12.5. The van der Waals surface area contributed by atoms with Crippen LogP contribution in [0.1, 0.15) is 38.4 Å². The summed E-state index contributed by atoms with van der Waals surface area (Å²) in [4.78, 5) is 29.8. The maximum atomic E-state index is 12.5. The number of aromatic nitrogens is 1. The topological polar surface area (TPSA) is 104 Å². The zero-order valence-corrected chi connectivity index (χ0v) is 18.8. The molecule has 2 aromatic carbocycles. The molecule has 2 unspecified atom stereocenters. The van der Waals surface area contributed by atoms with E-state index < -0.39 is 11.9 Å². The lowest BCUT2D eigenvalue weighted by molar-refractivity contribution is -0.123. The zero-order chi connectivity index (χ0) is 22.5. The summed E-state index contributed by atoms with van der Waals surface area (Å²) < 4.78 is 5.68. The molecule has 1 aliphatic rings. The number of halogens is 1. The number of hydrogen-bond acceptors (Lipinski definition) is 7. The van der Waals surface area contributed by atoms with Crippen molar-refractivity contribution in [3.05, 3.63) is 80.8 Å². The van der Waals surface area contributed by atoms with Crippen LogP contribution >= 0.6 is 22.9 Å². The molecule has 1 aromatic heterocycles. The quantitative estimate of drug-likeness (QED) is 0.412. The van der Waals surface area contributed by atoms with Crippen molar-refractivity contribution < 1.29 is 14.3 Å². The van der Waals surface area contributed by atoms with Gasteiger partial charge in [-0.3, -0.25) is 20.4 Å². The first-order valence-corrected chi connectivity index (χ1v) is 11.2. The third kappa shape index (κ3) is 5.43. The Morgan fingerprint density at radius 1 is 1.12 bits per heavy atom. The van der Waals surface area contributed by atoms with Gasteiger partial charge < -0.3 is 4.74 Å². The highest BCUT2D eigenvalue weighted by Crippen LogP contribution is 2.23. The van der Waals surface area contributed by atoms with Crippen molar-refractivity contribution in [2.75, 3.05) is 0 Å². The summed E-state index contributed by atoms with van der Waals surface area (Å²) in [5.41, 5.74) is 12.7. The smallest absolute Gasteiger partial charge is 0.281 e. The summed E-state index contributed by atoms with van der Waals surface area (Å²) in [6.07, 6.45) is 0.567. The monoisotopic (exact) mass is 471 g/mol. The largest absolute Gasteiger partial charge is 0.486 e. The Kier molecular flexibility index (Phi) is 7.01. The van der Waals surface area contributed by atoms with E-state index in [4.69, 9.17) is 16.3 Å². The summed E-state index contributed by atoms with van der Waals surface area (Å²) in [7, 11) is 0. The number of rotatable bonds is 6. The van der Waals surface area contributed by atoms with E-state index in [2.05, 4.69) is 26.7 Å². The fourth-order valence-electron chi connectivity index (χ4n) is 3.29. The normalized spacial score (nSPS) is 17.7. The number of hydrogen-bond donors (Lipinski definition) is 4. The van der Waals surface area contributed by atoms with Gasteiger partial charge in [-0.1, -0.05) is 41.9 Å². The highest BCUT2D eigenvalue weighted by molar-refractivity contribution is 7.13. The van der Waals surface area contributed by atoms with Crippen molar-refractivity contribution in [2.45, 2.75) is 32.0 Å². The summed E-state index contributed by atoms with van der Waals surface area (Å²) in [6, 6.07) is 16.4. The highest BCUT2D eigenvalue weighted by Gasteiger charge is 2.30. The average molecular weight is 472 g/mol. The minimum absolute atomic E-state index is 0.0228. The van der Waals surface area contributed by atoms with Crippen molar-refractivity contribution >= 4 is 34.8 Å². The molecule has 32 heavy (non-hydrogen) atoms. The zero-order valence-electron chi connectivity index (χ0n) is 17.2. The van der Waals surface area contributed by atoms with Crippen LogP contribution in [-0.2, 0) is 11.4 Å². The van der Waals surface area contributed by atoms with E-state index >= 15 is 0 Å². The second-order valence-corrected chi connectivity index (χ2v) is 8.77. The van der Waals surface area contributed by atoms with Crippen LogP contribution in [0, 0.1) is 6.92 Å². The molecular weight excluding hydrogens is 450 g/mol. The molecule has 0 saturated carbocycles. The molecule has 2 amide bonds. The number of benzene rings is 2. The number of hydrazine groups is 2. The van der Waals surface area contributed by atoms with Crippen LogP contribution in [0.4, 0.5) is 0 Å². The van der Waals surface area contributed by atoms with Gasteiger partial charge >= 0.3 is 0 Å². The molecule has 1 aliphatic heterocycles. The Hall–Kier alpha value is -2.98. The number of carbonyl (C=O) groups excluding carboxylic acids is 2. The van der Waals surface area contributed by atoms with Gasteiger partial charge in [-0.2, -0.15) is 0 Å². The standard InChI is InChI=1S/C22H22ClN5O3S/c1-13-20(32-19(24-13)12-31-16-9-7-15(23)8-10-16)22(30)28-27-21(29)18-11-17(25-26-18)14-5-3-2-4-6-14/h2-10,17-18,25-26H,11-12H2,1H3,(H,27,29)(H,28,30). The lowest BCUT2D eigenvalue weighted by atomic mass is 10.0. The molecule has 10 heteroatoms. The number of carbonyl (C=O) groups is 2. The average Bonchev–Trinajstić information content (AvgIpc) is 3.45. The van der Waals surface area contributed by atoms with Crippen LogP contribution in [0.25, 0.3) is 0 Å². The molecule has 2 heterocycles. The van der Waals surface area contributed by atoms with E-state index in [1.807, 2.05) is 30.3 Å². The van der Waals surface area contributed by atoms with Gasteiger partial charge in [0.2, 0.25) is 0 Å². The van der Waals surface area contributed by atoms with Crippen LogP contribution in [-0.4, -0.2) is 22.8 Å². The molecule has 1 saturated heterocycles. The minimum Gasteiger partial charge on any atom is -0.486 e. The summed E-state index contributed by atoms with van der Waals surface area (Å²) in [6.45, 7) is 1.97. The van der Waals surface area contributed by atoms with Crippen LogP contribution < -0.4 is 26.4 Å². The lowest BCUT2D eigenvalue weighted by Gasteiger charge is -2.11. The van der Waals surface area contributed by atoms with Crippen LogP contribution in [0.5, 0.6) is 5.75 Å². The first kappa shape index (κ1) is 22.2. The van der Waals surface area contributed by atoms with Gasteiger partial charge in [0, 0.05) is 11.1 Å². The first-order valence-electron chi connectivity index (χ1n) is 10.0. The second-order valence-electron chi connectivity index (χ2n) is 7.25. The number of ether oxygens (including phenoxy) is 1. The van der Waals surface area contributed by atoms with Gasteiger partial charge in [0.25, 0.3) is 11.8 Å². The molecule has 8 nitrogen and oxygen atoms in total. The van der Waals surface area contributed by atoms with E-state index in [1.165, 1.54) is 11.3 Å². The molecule has 0 spiro atoms. The van der Waals surface area contributed by atoms with E-state index in [9.17, 15) is 9.59 Å². The van der Waals surface area contributed by atoms with Gasteiger partial charge in [0.15, 0.2) is 0 Å². The second kappa shape index (κ2) is 10.1. The first-order chi connectivity index (χ1) is 15.5. The minimum atomic E-state index is -0.466. The molecule has 4 rings (SSSR count). The molecule has 0 bridgehead atoms. The van der Waals surface area contributed by atoms with Crippen LogP contribution in [0.2, 0.25) is 5.02 Å². The van der Waals surface area contributed by atoms with E-state index in [0.29, 0.717) is 32.8 Å². The number of amides is 2. The third-order valence-corrected chi connectivity index (χ3v) is 6.33. The van der Waals surface area contributed by atoms with Crippen molar-refractivity contribution in [2.24, 2.45) is 0 Å². The number of nitrogens with one attached hydrogen (secondary N) is 4. The Morgan fingerprint density at radius 2 is 1.88 bits per heavy atom. The van der Waals surface area contributed by atoms with Crippen molar-refractivity contribution in [3.8, 4) is 5.75 Å². The molecule has 4 N–H and O–H groups in total. The fraction of sp³-hybridized carbons (Fsp3) is 0.227. The molecule has 166 valence electrons. The highest BCUT2D eigenvalue weighted by atomic mass is 35.5. The van der Waals surface area contributed by atoms with Crippen molar-refractivity contribution in [1.82, 2.24) is 26.7 Å². The molecule has 0 aliphatic carbocycles. The summed E-state index contributed by atoms with van der Waals surface area (Å²) >= 11 is 7.09. The molecule has 1 fully saturated rings. The van der Waals surface area contributed by atoms with Crippen molar-refractivity contribution in [3.63, 3.8) is 0 Å². The van der Waals surface area contributed by atoms with Crippen LogP contribution in [0.15, 0.2) is 54.6 Å². The Bertz CT molecular complexity index is 1090. The maximum Gasteiger partial charge on any atom is 0.281 e. The Labute approximate surface area is 194 Å². The molecule has 0 radical (unpaired) electrons. The summed E-state index contributed by atoms with van der Waals surface area (Å²) in [5, 5.41) is 1.28. The van der Waals surface area contributed by atoms with E-state index in [0.717, 1.165) is 5.56 Å². The summed E-state index contributed by atoms with van der Waals surface area (Å²) in [5.74, 6) is -0.0820. The van der Waals surface area contributed by atoms with Crippen LogP contribution in [0.3, 0.4) is 0 Å². The lowest BCUT2D eigenvalue weighted by Crippen LogP contribution is -2.50. The van der Waals surface area contributed by atoms with Gasteiger partial charge in [-0.25, -0.2) is 15.8 Å². The Balaban J connectivity index is 1.27. The number of nitrogens with zero attached hydrogens (tertiary/aromatic N) is 1. The van der Waals surface area contributed by atoms with Gasteiger partial charge in [-0.05, 0) is 43.2 Å². The van der Waals surface area contributed by atoms with Gasteiger partial charge in [-0.15, -0.1) is 11.3 Å². The van der Waals surface area contributed by atoms with Gasteiger partial charge in [0.05, 0.1) is 5.69 Å². The SMILES string of the molecule is Cc1nc(COc2ccc(Cl)cc2)sc1C(=O)NNC(=O)C1CC(c2ccccc2)NN1. The van der Waals surface area contributed by atoms with Crippen molar-refractivity contribution in [1.29, 1.82) is 0 Å². The predicted octanol–water partition coefficient (Wildman–Crippen LogP) is 3.05. The predicted molar refractivity (Wildman–Crippen MR) is 122 cm³/mol. The number of aryl methyl sites for hydroxylation is 1. The van der Waals surface area contributed by atoms with Gasteiger partial charge in [0.1, 0.15) is 28.3 Å². The fourth-order valence-corrected chi connectivity index (χ4v) is 4.29. The molecule has 2 atom stereocenters. The van der Waals surface area contributed by atoms with E-state index in [1.54, 1.807) is 31.2 Å².